The van der Waals surface area contributed by atoms with Gasteiger partial charge in [0, 0.05) is 10.8 Å². The summed E-state index contributed by atoms with van der Waals surface area (Å²) in [6.07, 6.45) is 0.638. The van der Waals surface area contributed by atoms with E-state index in [1.54, 1.807) is 24.3 Å². The maximum atomic E-state index is 12.4. The Morgan fingerprint density at radius 2 is 1.72 bits per heavy atom. The van der Waals surface area contributed by atoms with Gasteiger partial charge in [-0.2, -0.15) is 8.42 Å². The van der Waals surface area contributed by atoms with Crippen molar-refractivity contribution in [2.75, 3.05) is 12.4 Å². The lowest BCUT2D eigenvalue weighted by molar-refractivity contribution is -0.124. The van der Waals surface area contributed by atoms with E-state index >= 15 is 0 Å². The van der Waals surface area contributed by atoms with Gasteiger partial charge in [-0.1, -0.05) is 66.0 Å². The van der Waals surface area contributed by atoms with Gasteiger partial charge in [0.1, 0.15) is 4.90 Å². The lowest BCUT2D eigenvalue weighted by Crippen LogP contribution is -2.30. The molecule has 0 heterocycles. The van der Waals surface area contributed by atoms with Crippen LogP contribution in [0.15, 0.2) is 41.3 Å². The lowest BCUT2D eigenvalue weighted by Gasteiger charge is -2.22. The Morgan fingerprint density at radius 1 is 1.12 bits per heavy atom. The fourth-order valence-corrected chi connectivity index (χ4v) is 3.16. The second-order valence-electron chi connectivity index (χ2n) is 5.98. The Labute approximate surface area is 151 Å². The summed E-state index contributed by atoms with van der Waals surface area (Å²) in [6, 6.07) is 10.5. The first kappa shape index (κ1) is 23.1. The first-order valence-electron chi connectivity index (χ1n) is 7.37. The van der Waals surface area contributed by atoms with Gasteiger partial charge in [-0.3, -0.25) is 8.98 Å². The molecule has 1 amide bonds. The molecule has 0 saturated heterocycles. The van der Waals surface area contributed by atoms with Crippen molar-refractivity contribution in [1.29, 1.82) is 0 Å². The van der Waals surface area contributed by atoms with Gasteiger partial charge >= 0.3 is 0 Å². The Kier molecular flexibility index (Phi) is 7.80. The van der Waals surface area contributed by atoms with E-state index in [4.69, 9.17) is 0 Å². The normalized spacial score (nSPS) is 11.4. The Bertz CT molecular complexity index is 842. The molecule has 0 unspecified atom stereocenters. The monoisotopic (exact) mass is 367 g/mol. The summed E-state index contributed by atoms with van der Waals surface area (Å²) >= 11 is 0. The average Bonchev–Trinajstić information content (AvgIpc) is 2.54. The maximum Gasteiger partial charge on any atom is 0.299 e. The standard InChI is InChI=1S/C17H21NO4S.2CH4/c1-5-17(2,3)16(19)18-14-11-10-12-8-6-7-9-13(12)15(14)23(20,21)22-4;;/h6-11H,5H2,1-4H3,(H,18,19);2*1H4. The van der Waals surface area contributed by atoms with Crippen LogP contribution in [0.5, 0.6) is 0 Å². The summed E-state index contributed by atoms with van der Waals surface area (Å²) in [5.41, 5.74) is -0.364. The van der Waals surface area contributed by atoms with E-state index in [9.17, 15) is 13.2 Å². The van der Waals surface area contributed by atoms with Crippen LogP contribution in [0.4, 0.5) is 5.69 Å². The van der Waals surface area contributed by atoms with Crippen LogP contribution in [0.1, 0.15) is 42.0 Å². The van der Waals surface area contributed by atoms with Crippen LogP contribution in [0.3, 0.4) is 0 Å². The van der Waals surface area contributed by atoms with Crippen LogP contribution < -0.4 is 5.32 Å². The summed E-state index contributed by atoms with van der Waals surface area (Å²) in [4.78, 5) is 12.4. The van der Waals surface area contributed by atoms with Gasteiger partial charge in [0.15, 0.2) is 0 Å². The number of amides is 1. The molecule has 0 saturated carbocycles. The number of fused-ring (bicyclic) bond motifs is 1. The van der Waals surface area contributed by atoms with E-state index < -0.39 is 15.5 Å². The van der Waals surface area contributed by atoms with Crippen molar-refractivity contribution in [1.82, 2.24) is 0 Å². The molecule has 0 fully saturated rings. The molecule has 0 aliphatic heterocycles. The Morgan fingerprint density at radius 3 is 2.28 bits per heavy atom. The third-order valence-corrected chi connectivity index (χ3v) is 5.47. The molecule has 0 atom stereocenters. The van der Waals surface area contributed by atoms with Gasteiger partial charge in [-0.05, 0) is 17.9 Å². The van der Waals surface area contributed by atoms with Crippen LogP contribution in [0, 0.1) is 5.41 Å². The SMILES string of the molecule is C.C.CCC(C)(C)C(=O)Nc1ccc2ccccc2c1S(=O)(=O)OC. The van der Waals surface area contributed by atoms with Crippen LogP contribution in [0.2, 0.25) is 0 Å². The van der Waals surface area contributed by atoms with Crippen LogP contribution in [-0.4, -0.2) is 21.4 Å². The summed E-state index contributed by atoms with van der Waals surface area (Å²) in [5.74, 6) is -0.233. The highest BCUT2D eigenvalue weighted by molar-refractivity contribution is 7.87. The summed E-state index contributed by atoms with van der Waals surface area (Å²) in [6.45, 7) is 5.54. The topological polar surface area (TPSA) is 72.5 Å². The Balaban J connectivity index is 0.00000288. The van der Waals surface area contributed by atoms with Gasteiger partial charge < -0.3 is 5.32 Å². The minimum Gasteiger partial charge on any atom is -0.324 e. The number of benzene rings is 2. The second kappa shape index (κ2) is 8.45. The van der Waals surface area contributed by atoms with E-state index in [0.29, 0.717) is 11.8 Å². The molecule has 5 nitrogen and oxygen atoms in total. The van der Waals surface area contributed by atoms with E-state index in [1.807, 2.05) is 32.9 Å². The quantitative estimate of drug-likeness (QED) is 0.769. The highest BCUT2D eigenvalue weighted by Crippen LogP contribution is 2.33. The fraction of sp³-hybridized carbons (Fsp3) is 0.421. The molecule has 1 N–H and O–H groups in total. The molecule has 2 aromatic rings. The first-order valence-corrected chi connectivity index (χ1v) is 8.77. The molecular formula is C19H29NO4S. The summed E-state index contributed by atoms with van der Waals surface area (Å²) < 4.78 is 29.4. The largest absolute Gasteiger partial charge is 0.324 e. The molecule has 2 aromatic carbocycles. The molecule has 2 rings (SSSR count). The van der Waals surface area contributed by atoms with Crippen molar-refractivity contribution in [3.8, 4) is 0 Å². The minimum absolute atomic E-state index is 0. The summed E-state index contributed by atoms with van der Waals surface area (Å²) in [7, 11) is -2.86. The number of anilines is 1. The molecule has 0 aliphatic rings. The van der Waals surface area contributed by atoms with E-state index in [2.05, 4.69) is 9.50 Å². The van der Waals surface area contributed by atoms with Crippen molar-refractivity contribution in [2.24, 2.45) is 5.41 Å². The molecular weight excluding hydrogens is 338 g/mol. The Hall–Kier alpha value is -1.92. The molecule has 140 valence electrons. The molecule has 0 spiro atoms. The van der Waals surface area contributed by atoms with Crippen molar-refractivity contribution >= 4 is 32.5 Å². The van der Waals surface area contributed by atoms with Crippen LogP contribution in [-0.2, 0) is 19.1 Å². The molecule has 0 radical (unpaired) electrons. The van der Waals surface area contributed by atoms with Crippen molar-refractivity contribution < 1.29 is 17.4 Å². The number of nitrogens with one attached hydrogen (secondary N) is 1. The zero-order valence-electron chi connectivity index (χ0n) is 13.7. The van der Waals surface area contributed by atoms with Crippen LogP contribution >= 0.6 is 0 Å². The van der Waals surface area contributed by atoms with Gasteiger partial charge in [0.2, 0.25) is 5.91 Å². The van der Waals surface area contributed by atoms with Crippen molar-refractivity contribution in [3.63, 3.8) is 0 Å². The van der Waals surface area contributed by atoms with Gasteiger partial charge in [-0.15, -0.1) is 0 Å². The van der Waals surface area contributed by atoms with E-state index in [1.165, 1.54) is 0 Å². The number of hydrogen-bond acceptors (Lipinski definition) is 4. The minimum atomic E-state index is -3.97. The van der Waals surface area contributed by atoms with E-state index in [0.717, 1.165) is 12.5 Å². The number of carbonyl (C=O) groups excluding carboxylic acids is 1. The van der Waals surface area contributed by atoms with Crippen molar-refractivity contribution in [3.05, 3.63) is 36.4 Å². The third-order valence-electron chi connectivity index (χ3n) is 4.10. The van der Waals surface area contributed by atoms with Gasteiger partial charge in [-0.25, -0.2) is 0 Å². The lowest BCUT2D eigenvalue weighted by atomic mass is 9.89. The number of rotatable bonds is 5. The van der Waals surface area contributed by atoms with Gasteiger partial charge in [0.05, 0.1) is 12.8 Å². The predicted molar refractivity (Wildman–Crippen MR) is 104 cm³/mol. The van der Waals surface area contributed by atoms with E-state index in [-0.39, 0.29) is 31.3 Å². The summed E-state index contributed by atoms with van der Waals surface area (Å²) in [5, 5.41) is 4.01. The average molecular weight is 368 g/mol. The molecule has 0 aromatic heterocycles. The smallest absolute Gasteiger partial charge is 0.299 e. The molecule has 0 aliphatic carbocycles. The zero-order chi connectivity index (χ0) is 17.3. The zero-order valence-corrected chi connectivity index (χ0v) is 14.5. The van der Waals surface area contributed by atoms with Gasteiger partial charge in [0.25, 0.3) is 10.1 Å². The maximum absolute atomic E-state index is 12.4. The highest BCUT2D eigenvalue weighted by Gasteiger charge is 2.28. The highest BCUT2D eigenvalue weighted by atomic mass is 32.2. The van der Waals surface area contributed by atoms with Crippen LogP contribution in [0.25, 0.3) is 10.8 Å². The first-order chi connectivity index (χ1) is 10.7. The van der Waals surface area contributed by atoms with Crippen molar-refractivity contribution in [2.45, 2.75) is 46.9 Å². The fourth-order valence-electron chi connectivity index (χ4n) is 2.15. The molecule has 0 bridgehead atoms. The third kappa shape index (κ3) is 4.58. The molecule has 25 heavy (non-hydrogen) atoms. The number of hydrogen-bond donors (Lipinski definition) is 1. The number of carbonyl (C=O) groups is 1. The predicted octanol–water partition coefficient (Wildman–Crippen LogP) is 4.82. The molecule has 6 heteroatoms. The second-order valence-corrected chi connectivity index (χ2v) is 7.63.